The topological polar surface area (TPSA) is 102 Å². The van der Waals surface area contributed by atoms with Gasteiger partial charge in [0.05, 0.1) is 0 Å². The fraction of sp³-hybridized carbons (Fsp3) is 0.444. The molecule has 8 nitrogen and oxygen atoms in total. The van der Waals surface area contributed by atoms with Gasteiger partial charge >= 0.3 is 12.1 Å². The summed E-state index contributed by atoms with van der Waals surface area (Å²) in [6, 6.07) is 7.98. The maximum Gasteiger partial charge on any atom is 0.417 e. The van der Waals surface area contributed by atoms with Crippen LogP contribution in [0.15, 0.2) is 30.3 Å². The normalized spacial score (nSPS) is 19.7. The molecule has 1 fully saturated rings. The van der Waals surface area contributed by atoms with Gasteiger partial charge in [-0.3, -0.25) is 9.59 Å². The lowest BCUT2D eigenvalue weighted by Gasteiger charge is -2.28. The molecule has 0 bridgehead atoms. The molecule has 1 heterocycles. The third-order valence-electron chi connectivity index (χ3n) is 3.97. The first kappa shape index (κ1) is 19.4. The molecular formula is C18H22N2O6. The quantitative estimate of drug-likeness (QED) is 0.794. The van der Waals surface area contributed by atoms with E-state index in [-0.39, 0.29) is 6.61 Å². The van der Waals surface area contributed by atoms with Crippen molar-refractivity contribution in [3.05, 3.63) is 35.9 Å². The molecule has 0 saturated carbocycles. The number of nitrogens with zero attached hydrogens (tertiary/aromatic N) is 1. The molecule has 0 aromatic heterocycles. The third-order valence-corrected chi connectivity index (χ3v) is 3.97. The zero-order valence-electron chi connectivity index (χ0n) is 15.1. The van der Waals surface area contributed by atoms with Crippen LogP contribution in [0.2, 0.25) is 0 Å². The minimum atomic E-state index is -1.35. The highest BCUT2D eigenvalue weighted by molar-refractivity contribution is 6.00. The van der Waals surface area contributed by atoms with Crippen LogP contribution >= 0.6 is 0 Å². The van der Waals surface area contributed by atoms with Crippen LogP contribution < -0.4 is 5.32 Å². The molecule has 1 N–H and O–H groups in total. The van der Waals surface area contributed by atoms with E-state index in [0.717, 1.165) is 10.5 Å². The summed E-state index contributed by atoms with van der Waals surface area (Å²) in [4.78, 5) is 49.0. The van der Waals surface area contributed by atoms with Gasteiger partial charge in [-0.2, -0.15) is 0 Å². The molecule has 0 aliphatic carbocycles. The summed E-state index contributed by atoms with van der Waals surface area (Å²) in [5, 5.41) is 2.53. The van der Waals surface area contributed by atoms with Gasteiger partial charge in [0.15, 0.2) is 6.04 Å². The Morgan fingerprint density at radius 3 is 2.42 bits per heavy atom. The summed E-state index contributed by atoms with van der Waals surface area (Å²) in [6.07, 6.45) is -1.70. The van der Waals surface area contributed by atoms with Crippen LogP contribution in [-0.4, -0.2) is 46.5 Å². The molecule has 0 spiro atoms. The number of carbonyl (C=O) groups excluding carboxylic acids is 4. The standard InChI is InChI=1S/C18H22N2O6/c1-11-14(20(12(2)21)17(24)26-11)15(22)19-18(3,4)16(23)25-10-13-8-6-5-7-9-13/h5-9,11,14H,10H2,1-4H3,(H,19,22)/t11-,14+/m1/s1. The number of benzene rings is 1. The van der Waals surface area contributed by atoms with Crippen molar-refractivity contribution in [3.63, 3.8) is 0 Å². The van der Waals surface area contributed by atoms with Gasteiger partial charge in [-0.05, 0) is 26.3 Å². The molecule has 26 heavy (non-hydrogen) atoms. The number of hydrogen-bond acceptors (Lipinski definition) is 6. The van der Waals surface area contributed by atoms with Crippen LogP contribution in [0.5, 0.6) is 0 Å². The van der Waals surface area contributed by atoms with E-state index in [2.05, 4.69) is 5.32 Å². The Bertz CT molecular complexity index is 716. The number of cyclic esters (lactones) is 1. The van der Waals surface area contributed by atoms with E-state index < -0.39 is 41.6 Å². The number of imide groups is 1. The number of nitrogens with one attached hydrogen (secondary N) is 1. The lowest BCUT2D eigenvalue weighted by Crippen LogP contribution is -2.58. The molecular weight excluding hydrogens is 340 g/mol. The molecule has 0 unspecified atom stereocenters. The summed E-state index contributed by atoms with van der Waals surface area (Å²) in [7, 11) is 0. The molecule has 1 saturated heterocycles. The average molecular weight is 362 g/mol. The van der Waals surface area contributed by atoms with Crippen molar-refractivity contribution in [2.75, 3.05) is 0 Å². The molecule has 1 aromatic carbocycles. The van der Waals surface area contributed by atoms with E-state index in [0.29, 0.717) is 0 Å². The van der Waals surface area contributed by atoms with Crippen LogP contribution in [0, 0.1) is 0 Å². The highest BCUT2D eigenvalue weighted by Gasteiger charge is 2.48. The Kier molecular flexibility index (Phi) is 5.64. The highest BCUT2D eigenvalue weighted by Crippen LogP contribution is 2.21. The van der Waals surface area contributed by atoms with Crippen LogP contribution in [0.1, 0.15) is 33.3 Å². The van der Waals surface area contributed by atoms with Gasteiger partial charge in [-0.15, -0.1) is 0 Å². The van der Waals surface area contributed by atoms with Crippen molar-refractivity contribution in [2.24, 2.45) is 0 Å². The van der Waals surface area contributed by atoms with Gasteiger partial charge in [0, 0.05) is 6.92 Å². The monoisotopic (exact) mass is 362 g/mol. The summed E-state index contributed by atoms with van der Waals surface area (Å²) in [5.74, 6) is -1.91. The molecule has 140 valence electrons. The molecule has 0 radical (unpaired) electrons. The molecule has 1 aliphatic heterocycles. The zero-order chi connectivity index (χ0) is 19.5. The lowest BCUT2D eigenvalue weighted by molar-refractivity contribution is -0.154. The van der Waals surface area contributed by atoms with Gasteiger partial charge in [0.1, 0.15) is 18.2 Å². The van der Waals surface area contributed by atoms with Gasteiger partial charge in [-0.1, -0.05) is 30.3 Å². The zero-order valence-corrected chi connectivity index (χ0v) is 15.1. The summed E-state index contributed by atoms with van der Waals surface area (Å²) < 4.78 is 10.2. The van der Waals surface area contributed by atoms with Gasteiger partial charge in [-0.25, -0.2) is 14.5 Å². The predicted molar refractivity (Wildman–Crippen MR) is 90.7 cm³/mol. The Morgan fingerprint density at radius 2 is 1.85 bits per heavy atom. The predicted octanol–water partition coefficient (Wildman–Crippen LogP) is 1.38. The Hall–Kier alpha value is -2.90. The van der Waals surface area contributed by atoms with E-state index in [9.17, 15) is 19.2 Å². The molecule has 8 heteroatoms. The molecule has 2 rings (SSSR count). The number of hydrogen-bond donors (Lipinski definition) is 1. The molecule has 1 aliphatic rings. The average Bonchev–Trinajstić information content (AvgIpc) is 2.87. The van der Waals surface area contributed by atoms with Crippen molar-refractivity contribution in [2.45, 2.75) is 52.0 Å². The first-order chi connectivity index (χ1) is 12.1. The van der Waals surface area contributed by atoms with Gasteiger partial charge < -0.3 is 14.8 Å². The molecule has 3 amide bonds. The lowest BCUT2D eigenvalue weighted by atomic mass is 10.0. The van der Waals surface area contributed by atoms with Crippen LogP contribution in [-0.2, 0) is 30.5 Å². The van der Waals surface area contributed by atoms with Crippen molar-refractivity contribution in [1.29, 1.82) is 0 Å². The van der Waals surface area contributed by atoms with Crippen LogP contribution in [0.4, 0.5) is 4.79 Å². The largest absolute Gasteiger partial charge is 0.459 e. The Labute approximate surface area is 151 Å². The van der Waals surface area contributed by atoms with Crippen molar-refractivity contribution < 1.29 is 28.7 Å². The highest BCUT2D eigenvalue weighted by atomic mass is 16.6. The summed E-state index contributed by atoms with van der Waals surface area (Å²) in [6.45, 7) is 5.71. The van der Waals surface area contributed by atoms with Crippen molar-refractivity contribution in [1.82, 2.24) is 10.2 Å². The van der Waals surface area contributed by atoms with Gasteiger partial charge in [0.25, 0.3) is 0 Å². The SMILES string of the molecule is CC(=O)N1C(=O)O[C@H](C)[C@H]1C(=O)NC(C)(C)C(=O)OCc1ccccc1. The minimum absolute atomic E-state index is 0.0694. The van der Waals surface area contributed by atoms with Gasteiger partial charge in [0.2, 0.25) is 11.8 Å². The van der Waals surface area contributed by atoms with Crippen LogP contribution in [0.25, 0.3) is 0 Å². The second-order valence-electron chi connectivity index (χ2n) is 6.60. The van der Waals surface area contributed by atoms with E-state index in [1.807, 2.05) is 30.3 Å². The van der Waals surface area contributed by atoms with E-state index in [1.165, 1.54) is 27.7 Å². The smallest absolute Gasteiger partial charge is 0.417 e. The fourth-order valence-electron chi connectivity index (χ4n) is 2.60. The number of ether oxygens (including phenoxy) is 2. The summed E-state index contributed by atoms with van der Waals surface area (Å²) >= 11 is 0. The van der Waals surface area contributed by atoms with Crippen molar-refractivity contribution >= 4 is 23.9 Å². The van der Waals surface area contributed by atoms with E-state index >= 15 is 0 Å². The minimum Gasteiger partial charge on any atom is -0.459 e. The fourth-order valence-corrected chi connectivity index (χ4v) is 2.60. The Balaban J connectivity index is 2.02. The third kappa shape index (κ3) is 4.19. The number of carbonyl (C=O) groups is 4. The van der Waals surface area contributed by atoms with E-state index in [1.54, 1.807) is 0 Å². The second kappa shape index (κ2) is 7.55. The Morgan fingerprint density at radius 1 is 1.23 bits per heavy atom. The summed E-state index contributed by atoms with van der Waals surface area (Å²) in [5.41, 5.74) is -0.534. The molecule has 1 aromatic rings. The second-order valence-corrected chi connectivity index (χ2v) is 6.60. The first-order valence-electron chi connectivity index (χ1n) is 8.17. The van der Waals surface area contributed by atoms with Crippen LogP contribution in [0.3, 0.4) is 0 Å². The maximum absolute atomic E-state index is 12.6. The van der Waals surface area contributed by atoms with Crippen molar-refractivity contribution in [3.8, 4) is 0 Å². The number of esters is 1. The number of rotatable bonds is 5. The van der Waals surface area contributed by atoms with E-state index in [4.69, 9.17) is 9.47 Å². The first-order valence-corrected chi connectivity index (χ1v) is 8.17. The molecule has 2 atom stereocenters. The maximum atomic E-state index is 12.6. The number of amides is 3.